The van der Waals surface area contributed by atoms with Crippen LogP contribution >= 0.6 is 23.2 Å². The highest BCUT2D eigenvalue weighted by Gasteiger charge is 2.30. The fourth-order valence-corrected chi connectivity index (χ4v) is 5.67. The Morgan fingerprint density at radius 1 is 0.875 bits per heavy atom. The molecule has 5 aromatic rings. The molecule has 2 N–H and O–H groups in total. The zero-order valence-corrected chi connectivity index (χ0v) is 18.9. The Morgan fingerprint density at radius 3 is 2.28 bits per heavy atom. The van der Waals surface area contributed by atoms with Gasteiger partial charge in [-0.1, -0.05) is 59.6 Å². The second-order valence-corrected chi connectivity index (χ2v) is 9.97. The highest BCUT2D eigenvalue weighted by atomic mass is 35.5. The number of rotatable bonds is 4. The molecule has 0 aliphatic heterocycles. The summed E-state index contributed by atoms with van der Waals surface area (Å²) in [6.07, 6.45) is 0. The van der Waals surface area contributed by atoms with Gasteiger partial charge in [-0.2, -0.15) is 0 Å². The number of fused-ring (bicyclic) bond motifs is 2. The molecule has 0 aliphatic rings. The summed E-state index contributed by atoms with van der Waals surface area (Å²) < 4.78 is 28.9. The first kappa shape index (κ1) is 20.8. The van der Waals surface area contributed by atoms with Crippen LogP contribution in [0.3, 0.4) is 0 Å². The van der Waals surface area contributed by atoms with E-state index in [1.165, 1.54) is 12.1 Å². The standard InChI is InChI=1S/C23H16Cl2N4O2S/c24-15-7-5-8-16(12-15)32(30,31)21-20-23(28-19-11-4-3-10-18(19)27-20)29(22(21)26)13-14-6-1-2-9-17(14)25/h1-12H,13,26H2. The Balaban J connectivity index is 1.84. The van der Waals surface area contributed by atoms with Gasteiger partial charge in [-0.3, -0.25) is 0 Å². The SMILES string of the molecule is Nc1c(S(=O)(=O)c2cccc(Cl)c2)c2nc3ccccc3nc2n1Cc1ccccc1Cl. The molecule has 0 radical (unpaired) electrons. The van der Waals surface area contributed by atoms with Crippen molar-refractivity contribution in [3.63, 3.8) is 0 Å². The molecular formula is C23H16Cl2N4O2S. The molecular weight excluding hydrogens is 467 g/mol. The van der Waals surface area contributed by atoms with Crippen LogP contribution in [0, 0.1) is 0 Å². The molecule has 2 aromatic heterocycles. The lowest BCUT2D eigenvalue weighted by Crippen LogP contribution is -2.09. The first-order valence-electron chi connectivity index (χ1n) is 9.65. The van der Waals surface area contributed by atoms with Gasteiger partial charge in [0, 0.05) is 10.0 Å². The lowest BCUT2D eigenvalue weighted by atomic mass is 10.2. The van der Waals surface area contributed by atoms with Crippen molar-refractivity contribution in [2.75, 3.05) is 5.73 Å². The van der Waals surface area contributed by atoms with Crippen molar-refractivity contribution in [3.8, 4) is 0 Å². The van der Waals surface area contributed by atoms with Crippen molar-refractivity contribution in [1.82, 2.24) is 14.5 Å². The van der Waals surface area contributed by atoms with Crippen LogP contribution in [0.5, 0.6) is 0 Å². The average molecular weight is 483 g/mol. The first-order chi connectivity index (χ1) is 15.4. The van der Waals surface area contributed by atoms with E-state index in [-0.39, 0.29) is 27.7 Å². The smallest absolute Gasteiger partial charge is 0.212 e. The van der Waals surface area contributed by atoms with Crippen molar-refractivity contribution < 1.29 is 8.42 Å². The molecule has 3 aromatic carbocycles. The van der Waals surface area contributed by atoms with E-state index in [0.717, 1.165) is 5.56 Å². The molecule has 0 unspecified atom stereocenters. The number of aromatic nitrogens is 3. The van der Waals surface area contributed by atoms with E-state index >= 15 is 0 Å². The summed E-state index contributed by atoms with van der Waals surface area (Å²) in [6, 6.07) is 20.6. The van der Waals surface area contributed by atoms with E-state index in [4.69, 9.17) is 33.9 Å². The molecule has 0 saturated heterocycles. The molecule has 0 fully saturated rings. The van der Waals surface area contributed by atoms with Crippen LogP contribution in [0.15, 0.2) is 82.6 Å². The van der Waals surface area contributed by atoms with Crippen LogP contribution in [-0.2, 0) is 16.4 Å². The van der Waals surface area contributed by atoms with Crippen LogP contribution in [0.4, 0.5) is 5.82 Å². The molecule has 32 heavy (non-hydrogen) atoms. The first-order valence-corrected chi connectivity index (χ1v) is 11.9. The number of benzene rings is 3. The quantitative estimate of drug-likeness (QED) is 0.372. The third kappa shape index (κ3) is 3.39. The molecule has 9 heteroatoms. The predicted octanol–water partition coefficient (Wildman–Crippen LogP) is 5.35. The van der Waals surface area contributed by atoms with Crippen LogP contribution in [0.2, 0.25) is 10.0 Å². The molecule has 0 saturated carbocycles. The maximum Gasteiger partial charge on any atom is 0.212 e. The van der Waals surface area contributed by atoms with E-state index in [1.54, 1.807) is 28.8 Å². The van der Waals surface area contributed by atoms with Gasteiger partial charge in [0.05, 0.1) is 22.5 Å². The van der Waals surface area contributed by atoms with Crippen molar-refractivity contribution in [3.05, 3.63) is 88.4 Å². The Labute approximate surface area is 194 Å². The van der Waals surface area contributed by atoms with Gasteiger partial charge in [-0.05, 0) is 42.0 Å². The van der Waals surface area contributed by atoms with Gasteiger partial charge >= 0.3 is 0 Å². The molecule has 0 spiro atoms. The maximum atomic E-state index is 13.6. The van der Waals surface area contributed by atoms with Gasteiger partial charge in [0.2, 0.25) is 9.84 Å². The Kier molecular flexibility index (Phi) is 5.04. The topological polar surface area (TPSA) is 90.9 Å². The van der Waals surface area contributed by atoms with Crippen LogP contribution in [-0.4, -0.2) is 23.0 Å². The van der Waals surface area contributed by atoms with Gasteiger partial charge in [0.15, 0.2) is 5.65 Å². The van der Waals surface area contributed by atoms with E-state index < -0.39 is 9.84 Å². The van der Waals surface area contributed by atoms with Crippen LogP contribution < -0.4 is 5.73 Å². The number of nitrogen functional groups attached to an aromatic ring is 1. The second kappa shape index (κ2) is 7.78. The molecule has 6 nitrogen and oxygen atoms in total. The van der Waals surface area contributed by atoms with Crippen molar-refractivity contribution in [1.29, 1.82) is 0 Å². The number of hydrogen-bond donors (Lipinski definition) is 1. The van der Waals surface area contributed by atoms with Gasteiger partial charge in [-0.15, -0.1) is 0 Å². The zero-order valence-electron chi connectivity index (χ0n) is 16.5. The number of halogens is 2. The average Bonchev–Trinajstić information content (AvgIpc) is 3.04. The minimum absolute atomic E-state index is 0.0310. The largest absolute Gasteiger partial charge is 0.384 e. The zero-order chi connectivity index (χ0) is 22.5. The lowest BCUT2D eigenvalue weighted by Gasteiger charge is -2.10. The highest BCUT2D eigenvalue weighted by molar-refractivity contribution is 7.92. The van der Waals surface area contributed by atoms with Crippen LogP contribution in [0.1, 0.15) is 5.56 Å². The molecule has 5 rings (SSSR count). The highest BCUT2D eigenvalue weighted by Crippen LogP contribution is 2.36. The molecule has 0 amide bonds. The fourth-order valence-electron chi connectivity index (χ4n) is 3.66. The minimum atomic E-state index is -4.03. The van der Waals surface area contributed by atoms with Crippen molar-refractivity contribution in [2.45, 2.75) is 16.3 Å². The van der Waals surface area contributed by atoms with Gasteiger partial charge in [0.25, 0.3) is 0 Å². The third-order valence-corrected chi connectivity index (χ3v) is 7.63. The molecule has 0 atom stereocenters. The monoisotopic (exact) mass is 482 g/mol. The van der Waals surface area contributed by atoms with Crippen LogP contribution in [0.25, 0.3) is 22.2 Å². The van der Waals surface area contributed by atoms with Crippen molar-refractivity contribution in [2.24, 2.45) is 0 Å². The number of para-hydroxylation sites is 2. The Morgan fingerprint density at radius 2 is 1.56 bits per heavy atom. The normalized spacial score (nSPS) is 11.9. The van der Waals surface area contributed by atoms with E-state index in [1.807, 2.05) is 36.4 Å². The number of hydrogen-bond acceptors (Lipinski definition) is 5. The van der Waals surface area contributed by atoms with E-state index in [0.29, 0.717) is 26.7 Å². The maximum absolute atomic E-state index is 13.6. The second-order valence-electron chi connectivity index (χ2n) is 7.24. The summed E-state index contributed by atoms with van der Waals surface area (Å²) in [5.74, 6) is 0.0372. The van der Waals surface area contributed by atoms with Crippen molar-refractivity contribution >= 4 is 61.1 Å². The molecule has 0 bridgehead atoms. The number of nitrogens with zero attached hydrogens (tertiary/aromatic N) is 3. The van der Waals surface area contributed by atoms with Gasteiger partial charge in [-0.25, -0.2) is 18.4 Å². The number of nitrogens with two attached hydrogens (primary N) is 1. The Hall–Kier alpha value is -3.13. The summed E-state index contributed by atoms with van der Waals surface area (Å²) in [5.41, 5.74) is 9.00. The lowest BCUT2D eigenvalue weighted by molar-refractivity contribution is 0.597. The summed E-state index contributed by atoms with van der Waals surface area (Å²) in [7, 11) is -4.03. The summed E-state index contributed by atoms with van der Waals surface area (Å²) in [5, 5.41) is 0.850. The van der Waals surface area contributed by atoms with E-state index in [9.17, 15) is 8.42 Å². The predicted molar refractivity (Wildman–Crippen MR) is 127 cm³/mol. The molecule has 160 valence electrons. The Bertz CT molecular complexity index is 1610. The van der Waals surface area contributed by atoms with Gasteiger partial charge in [0.1, 0.15) is 16.2 Å². The minimum Gasteiger partial charge on any atom is -0.384 e. The number of anilines is 1. The molecule has 2 heterocycles. The fraction of sp³-hybridized carbons (Fsp3) is 0.0435. The van der Waals surface area contributed by atoms with E-state index in [2.05, 4.69) is 4.98 Å². The summed E-state index contributed by atoms with van der Waals surface area (Å²) >= 11 is 12.4. The molecule has 0 aliphatic carbocycles. The number of sulfone groups is 1. The summed E-state index contributed by atoms with van der Waals surface area (Å²) in [4.78, 5) is 9.26. The third-order valence-electron chi connectivity index (χ3n) is 5.21. The summed E-state index contributed by atoms with van der Waals surface area (Å²) in [6.45, 7) is 0.236. The van der Waals surface area contributed by atoms with Gasteiger partial charge < -0.3 is 10.3 Å².